The number of sulfone groups is 1. The van der Waals surface area contributed by atoms with Crippen molar-refractivity contribution in [3.05, 3.63) is 41.5 Å². The molecule has 1 aromatic rings. The Hall–Kier alpha value is -2.23. The molecule has 8 nitrogen and oxygen atoms in total. The van der Waals surface area contributed by atoms with Gasteiger partial charge in [0.25, 0.3) is 0 Å². The van der Waals surface area contributed by atoms with E-state index in [1.165, 1.54) is 50.4 Å². The fraction of sp³-hybridized carbons (Fsp3) is 0.783. The Morgan fingerprint density at radius 2 is 1.65 bits per heavy atom. The topological polar surface area (TPSA) is 96.0 Å². The number of allylic oxidation sites excluding steroid dienone is 2. The average Bonchev–Trinajstić information content (AvgIpc) is 3.59. The predicted molar refractivity (Wildman–Crippen MR) is 221 cm³/mol. The molecular weight excluding hydrogens is 707 g/mol. The molecule has 2 saturated heterocycles. The molecule has 5 fully saturated rings. The molecule has 0 spiro atoms. The van der Waals surface area contributed by atoms with Gasteiger partial charge in [-0.3, -0.25) is 4.79 Å². The first-order chi connectivity index (χ1) is 25.9. The van der Waals surface area contributed by atoms with Gasteiger partial charge in [0.15, 0.2) is 9.84 Å². The maximum absolute atomic E-state index is 13.1. The Labute approximate surface area is 332 Å². The molecular formula is C46H71N3O5S. The third kappa shape index (κ3) is 6.86. The van der Waals surface area contributed by atoms with E-state index < -0.39 is 9.84 Å². The second-order valence-electron chi connectivity index (χ2n) is 20.1. The fourth-order valence-corrected chi connectivity index (χ4v) is 15.7. The minimum atomic E-state index is -2.90. The molecule has 306 valence electrons. The van der Waals surface area contributed by atoms with Crippen LogP contribution in [-0.2, 0) is 19.4 Å². The molecule has 1 aromatic carbocycles. The molecule has 7 rings (SSSR count). The lowest BCUT2D eigenvalue weighted by atomic mass is 9.32. The highest BCUT2D eigenvalue weighted by molar-refractivity contribution is 7.91. The van der Waals surface area contributed by atoms with Crippen LogP contribution in [0.15, 0.2) is 30.3 Å². The Morgan fingerprint density at radius 3 is 2.29 bits per heavy atom. The van der Waals surface area contributed by atoms with Crippen molar-refractivity contribution in [1.82, 2.24) is 15.1 Å². The van der Waals surface area contributed by atoms with Crippen LogP contribution in [0.4, 0.5) is 0 Å². The summed E-state index contributed by atoms with van der Waals surface area (Å²) in [4.78, 5) is 29.8. The normalized spacial score (nSPS) is 39.0. The number of rotatable bonds is 10. The lowest BCUT2D eigenvalue weighted by molar-refractivity contribution is -0.221. The third-order valence-electron chi connectivity index (χ3n) is 17.6. The van der Waals surface area contributed by atoms with Gasteiger partial charge in [0, 0.05) is 50.7 Å². The van der Waals surface area contributed by atoms with Gasteiger partial charge in [-0.1, -0.05) is 59.8 Å². The summed E-state index contributed by atoms with van der Waals surface area (Å²) in [5.41, 5.74) is 3.85. The molecule has 0 aromatic heterocycles. The average molecular weight is 778 g/mol. The van der Waals surface area contributed by atoms with Crippen LogP contribution >= 0.6 is 0 Å². The highest BCUT2D eigenvalue weighted by Gasteiger charge is 2.69. The van der Waals surface area contributed by atoms with Crippen molar-refractivity contribution in [2.45, 2.75) is 131 Å². The largest absolute Gasteiger partial charge is 0.465 e. The van der Waals surface area contributed by atoms with E-state index in [0.29, 0.717) is 54.7 Å². The second-order valence-corrected chi connectivity index (χ2v) is 22.4. The van der Waals surface area contributed by atoms with Gasteiger partial charge >= 0.3 is 5.97 Å². The van der Waals surface area contributed by atoms with Gasteiger partial charge in [0.1, 0.15) is 0 Å². The quantitative estimate of drug-likeness (QED) is 0.241. The van der Waals surface area contributed by atoms with Crippen LogP contribution in [0.1, 0.15) is 135 Å². The Morgan fingerprint density at radius 1 is 0.945 bits per heavy atom. The summed E-state index contributed by atoms with van der Waals surface area (Å²) < 4.78 is 29.3. The first kappa shape index (κ1) is 40.9. The van der Waals surface area contributed by atoms with E-state index in [9.17, 15) is 18.0 Å². The van der Waals surface area contributed by atoms with Crippen molar-refractivity contribution in [2.24, 2.45) is 45.3 Å². The number of carbonyl (C=O) groups excluding carboxylic acids is 2. The maximum atomic E-state index is 13.1. The summed E-state index contributed by atoms with van der Waals surface area (Å²) in [6.45, 7) is 21.6. The molecule has 4 aliphatic carbocycles. The highest BCUT2D eigenvalue weighted by Crippen LogP contribution is 2.75. The zero-order valence-corrected chi connectivity index (χ0v) is 36.2. The van der Waals surface area contributed by atoms with Crippen molar-refractivity contribution in [1.29, 1.82) is 0 Å². The van der Waals surface area contributed by atoms with Crippen molar-refractivity contribution in [3.8, 4) is 0 Å². The highest BCUT2D eigenvalue weighted by atomic mass is 32.2. The first-order valence-electron chi connectivity index (χ1n) is 21.8. The number of nitrogens with one attached hydrogen (secondary N) is 1. The molecule has 0 bridgehead atoms. The molecule has 3 saturated carbocycles. The number of esters is 1. The van der Waals surface area contributed by atoms with E-state index in [2.05, 4.69) is 81.8 Å². The summed E-state index contributed by atoms with van der Waals surface area (Å²) >= 11 is 0. The van der Waals surface area contributed by atoms with Gasteiger partial charge < -0.3 is 19.9 Å². The van der Waals surface area contributed by atoms with Gasteiger partial charge in [0.2, 0.25) is 5.91 Å². The first-order valence-corrected chi connectivity index (χ1v) is 23.6. The Balaban J connectivity index is 1.17. The summed E-state index contributed by atoms with van der Waals surface area (Å²) in [6.07, 6.45) is 14.8. The molecule has 9 heteroatoms. The van der Waals surface area contributed by atoms with Crippen molar-refractivity contribution >= 4 is 27.3 Å². The van der Waals surface area contributed by atoms with E-state index in [1.807, 2.05) is 12.1 Å². The predicted octanol–water partition coefficient (Wildman–Crippen LogP) is 8.02. The summed E-state index contributed by atoms with van der Waals surface area (Å²) in [6, 6.07) is 8.29. The van der Waals surface area contributed by atoms with Gasteiger partial charge in [-0.25, -0.2) is 13.2 Å². The van der Waals surface area contributed by atoms with Crippen molar-refractivity contribution in [2.75, 3.05) is 51.3 Å². The number of hydrogen-bond donors (Lipinski definition) is 1. The van der Waals surface area contributed by atoms with Crippen LogP contribution in [0.25, 0.3) is 5.57 Å². The third-order valence-corrected chi connectivity index (χ3v) is 19.2. The minimum Gasteiger partial charge on any atom is -0.465 e. The SMILES string of the molecule is CC[C@]1(NCCN2CCS(=O)(=O)CC2)CC[C@]2(C)[C@H](CC[C@@H]3[C@@]4(C)CC=C(c5ccc(C(=O)OC)cc5)C(C)(C)[C@@H]4CC[C@]32C)[C@H]1CC(C)N1CCCC1=O. The summed E-state index contributed by atoms with van der Waals surface area (Å²) in [7, 11) is -1.46. The standard InChI is InChI=1S/C46H71N3O5S/c1-9-46(47-24-26-48-27-29-55(52,53)30-28-48)23-22-44(6)36(37(46)31-32(2)49-25-10-11-40(49)50)16-17-39-43(5)20-18-35(33-12-14-34(15-13-33)41(51)54-8)42(3,4)38(43)19-21-45(39,44)7/h12-15,18,32,36-39,47H,9-11,16-17,19-31H2,1-8H3/t32?,36-,37-,38+,39-,43+,44-,45-,46+/m1/s1. The molecule has 55 heavy (non-hydrogen) atoms. The van der Waals surface area contributed by atoms with E-state index in [1.54, 1.807) is 0 Å². The van der Waals surface area contributed by atoms with Gasteiger partial charge in [-0.2, -0.15) is 0 Å². The Kier molecular flexibility index (Phi) is 11.1. The minimum absolute atomic E-state index is 0.00125. The van der Waals surface area contributed by atoms with Crippen LogP contribution < -0.4 is 5.32 Å². The maximum Gasteiger partial charge on any atom is 0.337 e. The number of nitrogens with zero attached hydrogens (tertiary/aromatic N) is 2. The molecule has 2 aliphatic heterocycles. The number of methoxy groups -OCH3 is 1. The second kappa shape index (κ2) is 14.9. The van der Waals surface area contributed by atoms with E-state index >= 15 is 0 Å². The molecule has 9 atom stereocenters. The molecule has 1 amide bonds. The fourth-order valence-electron chi connectivity index (χ4n) is 14.4. The van der Waals surface area contributed by atoms with Gasteiger partial charge in [0.05, 0.1) is 24.2 Å². The molecule has 2 heterocycles. The number of likely N-dealkylation sites (tertiary alicyclic amines) is 1. The zero-order chi connectivity index (χ0) is 39.6. The van der Waals surface area contributed by atoms with E-state index in [4.69, 9.17) is 4.74 Å². The van der Waals surface area contributed by atoms with Crippen LogP contribution in [0.2, 0.25) is 0 Å². The Bertz CT molecular complexity index is 1740. The molecule has 1 N–H and O–H groups in total. The van der Waals surface area contributed by atoms with Gasteiger partial charge in [-0.05, 0) is 140 Å². The number of amides is 1. The van der Waals surface area contributed by atoms with Crippen LogP contribution in [0.5, 0.6) is 0 Å². The number of benzene rings is 1. The molecule has 1 unspecified atom stereocenters. The molecule has 0 radical (unpaired) electrons. The lowest BCUT2D eigenvalue weighted by Crippen LogP contribution is -2.69. The van der Waals surface area contributed by atoms with Crippen molar-refractivity contribution < 1.29 is 22.7 Å². The van der Waals surface area contributed by atoms with Gasteiger partial charge in [-0.15, -0.1) is 0 Å². The number of hydrogen-bond acceptors (Lipinski definition) is 7. The van der Waals surface area contributed by atoms with Crippen LogP contribution in [0.3, 0.4) is 0 Å². The summed E-state index contributed by atoms with van der Waals surface area (Å²) in [5.74, 6) is 2.82. The monoisotopic (exact) mass is 778 g/mol. The number of ether oxygens (including phenoxy) is 1. The van der Waals surface area contributed by atoms with Crippen LogP contribution in [0, 0.1) is 45.3 Å². The smallest absolute Gasteiger partial charge is 0.337 e. The van der Waals surface area contributed by atoms with Crippen LogP contribution in [-0.4, -0.2) is 93.0 Å². The van der Waals surface area contributed by atoms with E-state index in [-0.39, 0.29) is 50.7 Å². The number of fused-ring (bicyclic) bond motifs is 5. The van der Waals surface area contributed by atoms with Crippen molar-refractivity contribution in [3.63, 3.8) is 0 Å². The lowest BCUT2D eigenvalue weighted by Gasteiger charge is -2.72. The molecule has 6 aliphatic rings. The summed E-state index contributed by atoms with van der Waals surface area (Å²) in [5, 5.41) is 4.21. The van der Waals surface area contributed by atoms with E-state index in [0.717, 1.165) is 51.7 Å². The number of carbonyl (C=O) groups is 2. The zero-order valence-electron chi connectivity index (χ0n) is 35.3.